The van der Waals surface area contributed by atoms with Gasteiger partial charge in [-0.25, -0.2) is 0 Å². The van der Waals surface area contributed by atoms with Crippen molar-refractivity contribution in [2.75, 3.05) is 0 Å². The number of carbonyl (C=O) groups is 1. The molecule has 1 aromatic carbocycles. The number of rotatable bonds is 3. The summed E-state index contributed by atoms with van der Waals surface area (Å²) in [5, 5.41) is 12.5. The zero-order chi connectivity index (χ0) is 13.8. The molecule has 100 valence electrons. The van der Waals surface area contributed by atoms with Crippen LogP contribution in [0.5, 0.6) is 0 Å². The van der Waals surface area contributed by atoms with Crippen LogP contribution in [0.2, 0.25) is 0 Å². The van der Waals surface area contributed by atoms with E-state index in [9.17, 15) is 10.1 Å². The standard InChI is InChI=1S/C15H18N2O2/c1-10(2)19-15(18)13-8-12(9-16)14(17-13)11-6-4-3-5-7-11/h3-7,10,12-14,17H,8H2,1-2H3/t12-,13-,14-/m1/s1. The largest absolute Gasteiger partial charge is 0.462 e. The Bertz CT molecular complexity index is 479. The molecule has 0 bridgehead atoms. The van der Waals surface area contributed by atoms with Crippen LogP contribution in [0.4, 0.5) is 0 Å². The van der Waals surface area contributed by atoms with Crippen LogP contribution >= 0.6 is 0 Å². The van der Waals surface area contributed by atoms with E-state index in [1.165, 1.54) is 0 Å². The van der Waals surface area contributed by atoms with Gasteiger partial charge in [-0.2, -0.15) is 5.26 Å². The number of esters is 1. The van der Waals surface area contributed by atoms with Crippen molar-refractivity contribution >= 4 is 5.97 Å². The molecule has 1 saturated heterocycles. The van der Waals surface area contributed by atoms with Gasteiger partial charge in [0.05, 0.1) is 18.1 Å². The molecule has 0 saturated carbocycles. The predicted molar refractivity (Wildman–Crippen MR) is 71.1 cm³/mol. The summed E-state index contributed by atoms with van der Waals surface area (Å²) >= 11 is 0. The lowest BCUT2D eigenvalue weighted by Gasteiger charge is -2.16. The van der Waals surface area contributed by atoms with Gasteiger partial charge in [0.2, 0.25) is 0 Å². The molecule has 1 N–H and O–H groups in total. The van der Waals surface area contributed by atoms with Crippen LogP contribution in [-0.2, 0) is 9.53 Å². The third kappa shape index (κ3) is 3.12. The van der Waals surface area contributed by atoms with Gasteiger partial charge in [-0.05, 0) is 25.8 Å². The molecule has 1 aliphatic rings. The fourth-order valence-electron chi connectivity index (χ4n) is 2.39. The first kappa shape index (κ1) is 13.6. The monoisotopic (exact) mass is 258 g/mol. The van der Waals surface area contributed by atoms with Crippen molar-refractivity contribution in [2.45, 2.75) is 38.5 Å². The molecule has 0 spiro atoms. The lowest BCUT2D eigenvalue weighted by molar-refractivity contribution is -0.149. The maximum absolute atomic E-state index is 11.9. The number of hydrogen-bond donors (Lipinski definition) is 1. The Morgan fingerprint density at radius 2 is 2.11 bits per heavy atom. The van der Waals surface area contributed by atoms with E-state index in [0.29, 0.717) is 6.42 Å². The average molecular weight is 258 g/mol. The molecule has 0 aliphatic carbocycles. The molecule has 4 heteroatoms. The van der Waals surface area contributed by atoms with Crippen molar-refractivity contribution in [2.24, 2.45) is 5.92 Å². The Kier molecular flexibility index (Phi) is 4.18. The summed E-state index contributed by atoms with van der Waals surface area (Å²) in [6, 6.07) is 11.5. The summed E-state index contributed by atoms with van der Waals surface area (Å²) in [5.74, 6) is -0.471. The highest BCUT2D eigenvalue weighted by atomic mass is 16.5. The Hall–Kier alpha value is -1.86. The Labute approximate surface area is 113 Å². The van der Waals surface area contributed by atoms with Gasteiger partial charge in [0, 0.05) is 6.04 Å². The SMILES string of the molecule is CC(C)OC(=O)[C@H]1C[C@H](C#N)[C@@H](c2ccccc2)N1. The second kappa shape index (κ2) is 5.85. The fraction of sp³-hybridized carbons (Fsp3) is 0.467. The van der Waals surface area contributed by atoms with Crippen LogP contribution in [0.1, 0.15) is 31.9 Å². The van der Waals surface area contributed by atoms with Gasteiger partial charge in [0.1, 0.15) is 6.04 Å². The summed E-state index contributed by atoms with van der Waals surface area (Å²) in [6.45, 7) is 3.65. The van der Waals surface area contributed by atoms with E-state index in [0.717, 1.165) is 5.56 Å². The first-order chi connectivity index (χ1) is 9.11. The third-order valence-corrected chi connectivity index (χ3v) is 3.23. The summed E-state index contributed by atoms with van der Waals surface area (Å²) in [4.78, 5) is 11.9. The molecule has 1 fully saturated rings. The van der Waals surface area contributed by atoms with Gasteiger partial charge >= 0.3 is 5.97 Å². The molecule has 2 rings (SSSR count). The second-order valence-electron chi connectivity index (χ2n) is 5.06. The van der Waals surface area contributed by atoms with Gasteiger partial charge in [-0.3, -0.25) is 10.1 Å². The number of nitrogens with one attached hydrogen (secondary N) is 1. The van der Waals surface area contributed by atoms with Crippen LogP contribution in [0.25, 0.3) is 0 Å². The normalized spacial score (nSPS) is 26.1. The summed E-state index contributed by atoms with van der Waals surface area (Å²) < 4.78 is 5.20. The van der Waals surface area contributed by atoms with E-state index in [2.05, 4.69) is 11.4 Å². The van der Waals surface area contributed by atoms with Crippen molar-refractivity contribution in [1.82, 2.24) is 5.32 Å². The van der Waals surface area contributed by atoms with Gasteiger partial charge in [-0.1, -0.05) is 30.3 Å². The summed E-state index contributed by atoms with van der Waals surface area (Å²) in [5.41, 5.74) is 1.04. The minimum Gasteiger partial charge on any atom is -0.462 e. The van der Waals surface area contributed by atoms with E-state index in [-0.39, 0.29) is 24.0 Å². The van der Waals surface area contributed by atoms with Gasteiger partial charge in [-0.15, -0.1) is 0 Å². The molecule has 1 aromatic rings. The lowest BCUT2D eigenvalue weighted by Crippen LogP contribution is -2.35. The molecule has 1 heterocycles. The molecule has 0 aromatic heterocycles. The number of hydrogen-bond acceptors (Lipinski definition) is 4. The minimum atomic E-state index is -0.391. The summed E-state index contributed by atoms with van der Waals surface area (Å²) in [6.07, 6.45) is 0.368. The van der Waals surface area contributed by atoms with E-state index >= 15 is 0 Å². The maximum atomic E-state index is 11.9. The summed E-state index contributed by atoms with van der Waals surface area (Å²) in [7, 11) is 0. The highest BCUT2D eigenvalue weighted by Gasteiger charge is 2.39. The van der Waals surface area contributed by atoms with Gasteiger partial charge < -0.3 is 4.74 Å². The van der Waals surface area contributed by atoms with Gasteiger partial charge in [0.25, 0.3) is 0 Å². The Morgan fingerprint density at radius 3 is 2.68 bits per heavy atom. The van der Waals surface area contributed by atoms with E-state index in [1.54, 1.807) is 0 Å². The highest BCUT2D eigenvalue weighted by Crippen LogP contribution is 2.32. The highest BCUT2D eigenvalue weighted by molar-refractivity contribution is 5.76. The van der Waals surface area contributed by atoms with Crippen molar-refractivity contribution in [3.63, 3.8) is 0 Å². The van der Waals surface area contributed by atoms with E-state index in [1.807, 2.05) is 44.2 Å². The van der Waals surface area contributed by atoms with Crippen LogP contribution in [0.15, 0.2) is 30.3 Å². The maximum Gasteiger partial charge on any atom is 0.323 e. The van der Waals surface area contributed by atoms with E-state index in [4.69, 9.17) is 4.74 Å². The topological polar surface area (TPSA) is 62.1 Å². The zero-order valence-electron chi connectivity index (χ0n) is 11.2. The van der Waals surface area contributed by atoms with E-state index < -0.39 is 6.04 Å². The molecular formula is C15H18N2O2. The van der Waals surface area contributed by atoms with Crippen molar-refractivity contribution in [3.8, 4) is 6.07 Å². The molecule has 19 heavy (non-hydrogen) atoms. The Balaban J connectivity index is 2.11. The number of carbonyl (C=O) groups excluding carboxylic acids is 1. The first-order valence-corrected chi connectivity index (χ1v) is 6.53. The molecule has 1 aliphatic heterocycles. The number of nitriles is 1. The molecule has 0 amide bonds. The third-order valence-electron chi connectivity index (χ3n) is 3.23. The number of benzene rings is 1. The molecule has 0 radical (unpaired) electrons. The van der Waals surface area contributed by atoms with Crippen molar-refractivity contribution in [3.05, 3.63) is 35.9 Å². The van der Waals surface area contributed by atoms with Crippen LogP contribution < -0.4 is 5.32 Å². The van der Waals surface area contributed by atoms with Crippen molar-refractivity contribution < 1.29 is 9.53 Å². The molecule has 0 unspecified atom stereocenters. The van der Waals surface area contributed by atoms with Crippen LogP contribution in [-0.4, -0.2) is 18.1 Å². The predicted octanol–water partition coefficient (Wildman–Crippen LogP) is 2.18. The molecule has 3 atom stereocenters. The second-order valence-corrected chi connectivity index (χ2v) is 5.06. The Morgan fingerprint density at radius 1 is 1.42 bits per heavy atom. The van der Waals surface area contributed by atoms with Gasteiger partial charge in [0.15, 0.2) is 0 Å². The first-order valence-electron chi connectivity index (χ1n) is 6.53. The molecule has 4 nitrogen and oxygen atoms in total. The molecular weight excluding hydrogens is 240 g/mol. The smallest absolute Gasteiger partial charge is 0.323 e. The zero-order valence-corrected chi connectivity index (χ0v) is 11.2. The van der Waals surface area contributed by atoms with Crippen LogP contribution in [0.3, 0.4) is 0 Å². The fourth-order valence-corrected chi connectivity index (χ4v) is 2.39. The van der Waals surface area contributed by atoms with Crippen molar-refractivity contribution in [1.29, 1.82) is 5.26 Å². The number of ether oxygens (including phenoxy) is 1. The minimum absolute atomic E-state index is 0.101. The quantitative estimate of drug-likeness (QED) is 0.844. The average Bonchev–Trinajstić information content (AvgIpc) is 2.83. The van der Waals surface area contributed by atoms with Crippen LogP contribution in [0, 0.1) is 17.2 Å². The number of nitrogens with zero attached hydrogens (tertiary/aromatic N) is 1. The lowest BCUT2D eigenvalue weighted by atomic mass is 9.95.